The van der Waals surface area contributed by atoms with Crippen LogP contribution in [0.1, 0.15) is 16.7 Å². The predicted molar refractivity (Wildman–Crippen MR) is 223 cm³/mol. The lowest BCUT2D eigenvalue weighted by atomic mass is 10.1. The predicted octanol–water partition coefficient (Wildman–Crippen LogP) is 10.4. The first kappa shape index (κ1) is 38.1. The summed E-state index contributed by atoms with van der Waals surface area (Å²) in [7, 11) is 0. The van der Waals surface area contributed by atoms with E-state index in [1.54, 1.807) is 30.1 Å². The monoisotopic (exact) mass is 806 g/mol. The third kappa shape index (κ3) is 9.07. The van der Waals surface area contributed by atoms with Crippen molar-refractivity contribution in [1.82, 2.24) is 27.8 Å². The summed E-state index contributed by atoms with van der Waals surface area (Å²) in [6, 6.07) is 47.3. The first-order valence-corrected chi connectivity index (χ1v) is 19.7. The maximum absolute atomic E-state index is 12.9. The average Bonchev–Trinajstić information content (AvgIpc) is 3.91. The van der Waals surface area contributed by atoms with Crippen molar-refractivity contribution in [3.05, 3.63) is 203 Å². The highest BCUT2D eigenvalue weighted by Crippen LogP contribution is 2.32. The quantitative estimate of drug-likeness (QED) is 0.153. The van der Waals surface area contributed by atoms with Crippen LogP contribution in [-0.2, 0) is 19.3 Å². The maximum Gasteiger partial charge on any atom is 0.416 e. The molecule has 0 saturated heterocycles. The Labute approximate surface area is 339 Å². The smallest absolute Gasteiger partial charge is 0.264 e. The lowest BCUT2D eigenvalue weighted by molar-refractivity contribution is -0.137. The Morgan fingerprint density at radius 1 is 0.517 bits per heavy atom. The van der Waals surface area contributed by atoms with E-state index in [0.29, 0.717) is 29.3 Å². The molecular formula is C45H33F3N8S2. The van der Waals surface area contributed by atoms with Gasteiger partial charge in [-0.1, -0.05) is 109 Å². The highest BCUT2D eigenvalue weighted by atomic mass is 32.1. The number of alkyl halides is 3. The Kier molecular flexibility index (Phi) is 11.5. The average molecular weight is 807 g/mol. The van der Waals surface area contributed by atoms with Crippen molar-refractivity contribution < 1.29 is 13.2 Å². The molecule has 0 radical (unpaired) electrons. The van der Waals surface area contributed by atoms with E-state index in [9.17, 15) is 13.2 Å². The van der Waals surface area contributed by atoms with Gasteiger partial charge in [-0.3, -0.25) is 20.0 Å². The number of aromatic nitrogens is 6. The highest BCUT2D eigenvalue weighted by Gasteiger charge is 2.30. The number of pyridine rings is 2. The van der Waals surface area contributed by atoms with Crippen LogP contribution < -0.4 is 9.60 Å². The summed E-state index contributed by atoms with van der Waals surface area (Å²) < 4.78 is 42.7. The fourth-order valence-electron chi connectivity index (χ4n) is 6.04. The van der Waals surface area contributed by atoms with E-state index in [1.165, 1.54) is 34.4 Å². The van der Waals surface area contributed by atoms with Crippen LogP contribution in [0.5, 0.6) is 0 Å². The van der Waals surface area contributed by atoms with Gasteiger partial charge in [0.2, 0.25) is 9.60 Å². The van der Waals surface area contributed by atoms with Crippen LogP contribution in [0.25, 0.3) is 44.9 Å². The van der Waals surface area contributed by atoms with Gasteiger partial charge >= 0.3 is 6.18 Å². The lowest BCUT2D eigenvalue weighted by Gasteiger charge is -2.09. The van der Waals surface area contributed by atoms with Gasteiger partial charge in [0.25, 0.3) is 0 Å². The molecule has 286 valence electrons. The number of rotatable bonds is 8. The molecule has 58 heavy (non-hydrogen) atoms. The summed E-state index contributed by atoms with van der Waals surface area (Å²) in [4.78, 5) is 28.2. The Hall–Kier alpha value is -6.83. The van der Waals surface area contributed by atoms with Gasteiger partial charge in [-0.2, -0.15) is 23.1 Å². The zero-order valence-electron chi connectivity index (χ0n) is 30.7. The molecule has 0 aliphatic rings. The molecule has 0 atom stereocenters. The molecule has 0 unspecified atom stereocenters. The molecule has 0 spiro atoms. The topological polar surface area (TPSA) is 86.1 Å². The van der Waals surface area contributed by atoms with Crippen LogP contribution in [0.2, 0.25) is 0 Å². The van der Waals surface area contributed by atoms with E-state index >= 15 is 0 Å². The van der Waals surface area contributed by atoms with E-state index in [4.69, 9.17) is 9.98 Å². The summed E-state index contributed by atoms with van der Waals surface area (Å²) >= 11 is 2.89. The van der Waals surface area contributed by atoms with Gasteiger partial charge in [-0.05, 0) is 82.0 Å². The Bertz CT molecular complexity index is 2870. The summed E-state index contributed by atoms with van der Waals surface area (Å²) in [5, 5.41) is 2.40. The number of benzene rings is 5. The van der Waals surface area contributed by atoms with E-state index in [-0.39, 0.29) is 0 Å². The standard InChI is InChI=1S/C24H18N4S.C21H15F3N4S/c1-2-10-20(11-3-1)23-27-24(26-17-18-8-7-15-25-16-18)29-28(23)22-14-6-12-19-9-4-5-13-21(19)22;22-21(23,24)17-10-8-16(9-11-17)19-27-20(26-14-15-5-4-12-25-13-15)29-28(19)18-6-2-1-3-7-18/h1-16H,17H2;1-13H,14H2. The number of halogens is 3. The van der Waals surface area contributed by atoms with Crippen LogP contribution in [0.4, 0.5) is 13.2 Å². The number of para-hydroxylation sites is 1. The van der Waals surface area contributed by atoms with Crippen molar-refractivity contribution in [2.75, 3.05) is 0 Å². The second kappa shape index (κ2) is 17.5. The van der Waals surface area contributed by atoms with Crippen LogP contribution in [-0.4, -0.2) is 27.8 Å². The summed E-state index contributed by atoms with van der Waals surface area (Å²) in [6.07, 6.45) is 2.67. The molecular weight excluding hydrogens is 774 g/mol. The molecule has 0 bridgehead atoms. The Morgan fingerprint density at radius 2 is 1.05 bits per heavy atom. The van der Waals surface area contributed by atoms with Crippen LogP contribution in [0.3, 0.4) is 0 Å². The molecule has 9 aromatic rings. The second-order valence-electron chi connectivity index (χ2n) is 12.8. The summed E-state index contributed by atoms with van der Waals surface area (Å²) in [5.74, 6) is 1.44. The molecule has 4 aromatic heterocycles. The van der Waals surface area contributed by atoms with Crippen molar-refractivity contribution in [1.29, 1.82) is 0 Å². The number of nitrogens with zero attached hydrogens (tertiary/aromatic N) is 8. The number of fused-ring (bicyclic) bond motifs is 1. The largest absolute Gasteiger partial charge is 0.416 e. The minimum absolute atomic E-state index is 0.419. The fraction of sp³-hybridized carbons (Fsp3) is 0.0667. The minimum atomic E-state index is -4.37. The van der Waals surface area contributed by atoms with Gasteiger partial charge in [-0.25, -0.2) is 7.91 Å². The normalized spacial score (nSPS) is 12.1. The first-order chi connectivity index (χ1) is 28.4. The Balaban J connectivity index is 0.000000162. The third-order valence-electron chi connectivity index (χ3n) is 8.85. The number of hydrogen-bond acceptors (Lipinski definition) is 8. The van der Waals surface area contributed by atoms with Gasteiger partial charge in [0, 0.05) is 41.3 Å². The van der Waals surface area contributed by atoms with E-state index in [1.807, 2.05) is 82.9 Å². The molecule has 0 aliphatic heterocycles. The summed E-state index contributed by atoms with van der Waals surface area (Å²) in [5.41, 5.74) is 4.96. The van der Waals surface area contributed by atoms with Crippen LogP contribution >= 0.6 is 23.1 Å². The van der Waals surface area contributed by atoms with Crippen molar-refractivity contribution in [2.45, 2.75) is 19.3 Å². The van der Waals surface area contributed by atoms with Gasteiger partial charge in [0.1, 0.15) is 0 Å². The minimum Gasteiger partial charge on any atom is -0.264 e. The van der Waals surface area contributed by atoms with Gasteiger partial charge < -0.3 is 0 Å². The van der Waals surface area contributed by atoms with E-state index < -0.39 is 11.7 Å². The van der Waals surface area contributed by atoms with Crippen LogP contribution in [0.15, 0.2) is 186 Å². The fourth-order valence-corrected chi connectivity index (χ4v) is 7.81. The van der Waals surface area contributed by atoms with E-state index in [2.05, 4.69) is 78.5 Å². The molecule has 0 N–H and O–H groups in total. The molecule has 0 saturated carbocycles. The maximum atomic E-state index is 12.9. The van der Waals surface area contributed by atoms with Crippen LogP contribution in [0, 0.1) is 0 Å². The zero-order valence-corrected chi connectivity index (χ0v) is 32.3. The van der Waals surface area contributed by atoms with Crippen molar-refractivity contribution in [3.63, 3.8) is 0 Å². The van der Waals surface area contributed by atoms with Gasteiger partial charge in [-0.15, -0.1) is 0 Å². The highest BCUT2D eigenvalue weighted by molar-refractivity contribution is 7.04. The van der Waals surface area contributed by atoms with Crippen molar-refractivity contribution in [3.8, 4) is 34.2 Å². The zero-order chi connectivity index (χ0) is 39.7. The first-order valence-electron chi connectivity index (χ1n) is 18.2. The van der Waals surface area contributed by atoms with Crippen molar-refractivity contribution in [2.24, 2.45) is 9.98 Å². The molecule has 0 amide bonds. The number of hydrogen-bond donors (Lipinski definition) is 0. The molecule has 0 fully saturated rings. The van der Waals surface area contributed by atoms with E-state index in [0.717, 1.165) is 50.8 Å². The molecule has 13 heteroatoms. The van der Waals surface area contributed by atoms with Gasteiger partial charge in [0.05, 0.1) is 30.0 Å². The lowest BCUT2D eigenvalue weighted by Crippen LogP contribution is -2.04. The molecule has 5 aromatic carbocycles. The molecule has 4 heterocycles. The molecule has 8 nitrogen and oxygen atoms in total. The van der Waals surface area contributed by atoms with Crippen molar-refractivity contribution >= 4 is 33.8 Å². The van der Waals surface area contributed by atoms with Gasteiger partial charge in [0.15, 0.2) is 11.6 Å². The molecule has 0 aliphatic carbocycles. The second-order valence-corrected chi connectivity index (χ2v) is 14.7. The SMILES string of the molecule is FC(F)(F)c1ccc(-c2nc(=NCc3cccnc3)sn2-c2ccccc2)cc1.c1ccc(-c2nc(=NCc3cccnc3)sn2-c2cccc3ccccc23)cc1. The molecule has 9 rings (SSSR count). The summed E-state index contributed by atoms with van der Waals surface area (Å²) in [6.45, 7) is 0.980. The third-order valence-corrected chi connectivity index (χ3v) is 10.7. The Morgan fingerprint density at radius 3 is 1.66 bits per heavy atom.